The van der Waals surface area contributed by atoms with Crippen LogP contribution in [0.5, 0.6) is 0 Å². The maximum Gasteiger partial charge on any atom is 0.242 e. The number of likely N-dealkylation sites (tertiary alicyclic amines) is 2. The SMILES string of the molecule is Cc1nccn1CC(=O)N1CCC(N2C[C@H](O)C[C@H]2C(=O)NC2CCCCC2)CC1. The van der Waals surface area contributed by atoms with Crippen molar-refractivity contribution in [1.82, 2.24) is 24.7 Å². The first-order valence-electron chi connectivity index (χ1n) is 11.5. The largest absolute Gasteiger partial charge is 0.392 e. The number of hydrogen-bond acceptors (Lipinski definition) is 5. The van der Waals surface area contributed by atoms with E-state index in [0.29, 0.717) is 32.6 Å². The van der Waals surface area contributed by atoms with Crippen LogP contribution in [0.3, 0.4) is 0 Å². The van der Waals surface area contributed by atoms with Gasteiger partial charge in [0.2, 0.25) is 11.8 Å². The number of nitrogens with one attached hydrogen (secondary N) is 1. The van der Waals surface area contributed by atoms with Crippen LogP contribution in [-0.4, -0.2) is 80.1 Å². The quantitative estimate of drug-likeness (QED) is 0.748. The van der Waals surface area contributed by atoms with E-state index < -0.39 is 6.10 Å². The summed E-state index contributed by atoms with van der Waals surface area (Å²) in [6.45, 7) is 4.17. The number of carbonyl (C=O) groups excluding carboxylic acids is 2. The molecule has 3 aliphatic rings. The molecule has 2 amide bonds. The zero-order chi connectivity index (χ0) is 21.1. The summed E-state index contributed by atoms with van der Waals surface area (Å²) in [6, 6.07) is 0.281. The number of β-amino-alcohol motifs (C(OH)–C–C–N with tert-alkyl or cyclic N) is 1. The second-order valence-electron chi connectivity index (χ2n) is 9.16. The van der Waals surface area contributed by atoms with Gasteiger partial charge in [0, 0.05) is 44.1 Å². The van der Waals surface area contributed by atoms with Crippen molar-refractivity contribution >= 4 is 11.8 Å². The van der Waals surface area contributed by atoms with Gasteiger partial charge in [-0.15, -0.1) is 0 Å². The topological polar surface area (TPSA) is 90.7 Å². The Bertz CT molecular complexity index is 737. The summed E-state index contributed by atoms with van der Waals surface area (Å²) in [6.07, 6.45) is 11.1. The molecule has 3 fully saturated rings. The van der Waals surface area contributed by atoms with Crippen molar-refractivity contribution in [2.24, 2.45) is 0 Å². The minimum atomic E-state index is -0.448. The highest BCUT2D eigenvalue weighted by Crippen LogP contribution is 2.27. The molecule has 1 aromatic heterocycles. The fourth-order valence-corrected chi connectivity index (χ4v) is 5.31. The number of nitrogens with zero attached hydrogens (tertiary/aromatic N) is 4. The summed E-state index contributed by atoms with van der Waals surface area (Å²) < 4.78 is 1.87. The molecule has 8 heteroatoms. The van der Waals surface area contributed by atoms with Crippen LogP contribution in [0.25, 0.3) is 0 Å². The molecule has 0 unspecified atom stereocenters. The first-order valence-corrected chi connectivity index (χ1v) is 11.5. The van der Waals surface area contributed by atoms with Gasteiger partial charge in [-0.2, -0.15) is 0 Å². The van der Waals surface area contributed by atoms with Crippen molar-refractivity contribution in [1.29, 1.82) is 0 Å². The maximum atomic E-state index is 13.0. The van der Waals surface area contributed by atoms with Gasteiger partial charge < -0.3 is 19.9 Å². The number of carbonyl (C=O) groups is 2. The summed E-state index contributed by atoms with van der Waals surface area (Å²) >= 11 is 0. The number of rotatable bonds is 5. The van der Waals surface area contributed by atoms with Crippen LogP contribution in [0.4, 0.5) is 0 Å². The molecule has 8 nitrogen and oxygen atoms in total. The van der Waals surface area contributed by atoms with Crippen molar-refractivity contribution in [2.45, 2.75) is 89.1 Å². The Balaban J connectivity index is 1.30. The van der Waals surface area contributed by atoms with Crippen molar-refractivity contribution in [2.75, 3.05) is 19.6 Å². The Morgan fingerprint density at radius 1 is 1.17 bits per heavy atom. The van der Waals surface area contributed by atoms with E-state index >= 15 is 0 Å². The first-order chi connectivity index (χ1) is 14.5. The predicted molar refractivity (Wildman–Crippen MR) is 113 cm³/mol. The smallest absolute Gasteiger partial charge is 0.242 e. The zero-order valence-corrected chi connectivity index (χ0v) is 18.0. The second-order valence-corrected chi connectivity index (χ2v) is 9.16. The highest BCUT2D eigenvalue weighted by Gasteiger charge is 2.41. The van der Waals surface area contributed by atoms with Crippen LogP contribution in [0, 0.1) is 6.92 Å². The molecule has 2 atom stereocenters. The fraction of sp³-hybridized carbons (Fsp3) is 0.773. The van der Waals surface area contributed by atoms with E-state index in [0.717, 1.165) is 31.5 Å². The molecule has 1 saturated carbocycles. The minimum Gasteiger partial charge on any atom is -0.392 e. The lowest BCUT2D eigenvalue weighted by Gasteiger charge is -2.39. The van der Waals surface area contributed by atoms with E-state index in [9.17, 15) is 14.7 Å². The number of piperidine rings is 1. The number of aryl methyl sites for hydroxylation is 1. The maximum absolute atomic E-state index is 13.0. The van der Waals surface area contributed by atoms with Gasteiger partial charge in [-0.1, -0.05) is 19.3 Å². The van der Waals surface area contributed by atoms with Gasteiger partial charge >= 0.3 is 0 Å². The molecule has 0 bridgehead atoms. The standard InChI is InChI=1S/C22H35N5O3/c1-16-23-9-12-26(16)15-21(29)25-10-7-18(8-11-25)27-14-19(28)13-20(27)22(30)24-17-5-3-2-4-6-17/h9,12,17-20,28H,2-8,10-11,13-15H2,1H3,(H,24,30)/t19-,20+/m1/s1. The molecule has 4 rings (SSSR count). The Hall–Kier alpha value is -1.93. The van der Waals surface area contributed by atoms with Crippen molar-refractivity contribution in [3.8, 4) is 0 Å². The lowest BCUT2D eigenvalue weighted by Crippen LogP contribution is -2.53. The number of aliphatic hydroxyl groups excluding tert-OH is 1. The molecule has 30 heavy (non-hydrogen) atoms. The molecule has 2 saturated heterocycles. The summed E-state index contributed by atoms with van der Waals surface area (Å²) in [7, 11) is 0. The first kappa shape index (κ1) is 21.3. The van der Waals surface area contributed by atoms with Gasteiger partial charge in [-0.25, -0.2) is 4.98 Å². The van der Waals surface area contributed by atoms with E-state index in [4.69, 9.17) is 0 Å². The molecule has 1 aromatic rings. The minimum absolute atomic E-state index is 0.0764. The van der Waals surface area contributed by atoms with E-state index in [1.807, 2.05) is 22.6 Å². The van der Waals surface area contributed by atoms with E-state index in [2.05, 4.69) is 15.2 Å². The number of imidazole rings is 1. The monoisotopic (exact) mass is 417 g/mol. The lowest BCUT2D eigenvalue weighted by atomic mass is 9.95. The molecule has 0 spiro atoms. The molecule has 3 heterocycles. The van der Waals surface area contributed by atoms with Crippen molar-refractivity contribution in [3.63, 3.8) is 0 Å². The predicted octanol–water partition coefficient (Wildman–Crippen LogP) is 1.07. The Labute approximate surface area is 178 Å². The van der Waals surface area contributed by atoms with Gasteiger partial charge in [0.05, 0.1) is 12.1 Å². The molecular formula is C22H35N5O3. The number of aliphatic hydroxyl groups is 1. The number of hydrogen-bond donors (Lipinski definition) is 2. The third-order valence-corrected chi connectivity index (χ3v) is 7.09. The molecule has 166 valence electrons. The molecule has 1 aliphatic carbocycles. The summed E-state index contributed by atoms with van der Waals surface area (Å²) in [5.41, 5.74) is 0. The zero-order valence-electron chi connectivity index (χ0n) is 18.0. The average molecular weight is 418 g/mol. The van der Waals surface area contributed by atoms with E-state index in [1.165, 1.54) is 19.3 Å². The van der Waals surface area contributed by atoms with Crippen LogP contribution in [0.2, 0.25) is 0 Å². The highest BCUT2D eigenvalue weighted by atomic mass is 16.3. The van der Waals surface area contributed by atoms with Crippen molar-refractivity contribution in [3.05, 3.63) is 18.2 Å². The molecule has 0 aromatic carbocycles. The summed E-state index contributed by atoms with van der Waals surface area (Å²) in [4.78, 5) is 33.9. The number of amides is 2. The van der Waals surface area contributed by atoms with Gasteiger partial charge in [-0.05, 0) is 39.0 Å². The fourth-order valence-electron chi connectivity index (χ4n) is 5.31. The van der Waals surface area contributed by atoms with Crippen LogP contribution in [-0.2, 0) is 16.1 Å². The highest BCUT2D eigenvalue weighted by molar-refractivity contribution is 5.82. The van der Waals surface area contributed by atoms with Crippen LogP contribution < -0.4 is 5.32 Å². The van der Waals surface area contributed by atoms with Crippen LogP contribution in [0.1, 0.15) is 57.2 Å². The van der Waals surface area contributed by atoms with Crippen LogP contribution >= 0.6 is 0 Å². The van der Waals surface area contributed by atoms with E-state index in [-0.39, 0.29) is 29.9 Å². The Morgan fingerprint density at radius 3 is 2.57 bits per heavy atom. The normalized spacial score (nSPS) is 26.8. The van der Waals surface area contributed by atoms with Gasteiger partial charge in [-0.3, -0.25) is 14.5 Å². The molecule has 2 aliphatic heterocycles. The molecule has 2 N–H and O–H groups in total. The average Bonchev–Trinajstić information content (AvgIpc) is 3.34. The van der Waals surface area contributed by atoms with Crippen molar-refractivity contribution < 1.29 is 14.7 Å². The molecule has 0 radical (unpaired) electrons. The molecular weight excluding hydrogens is 382 g/mol. The van der Waals surface area contributed by atoms with Gasteiger partial charge in [0.15, 0.2) is 0 Å². The third kappa shape index (κ3) is 4.86. The van der Waals surface area contributed by atoms with Gasteiger partial charge in [0.25, 0.3) is 0 Å². The lowest BCUT2D eigenvalue weighted by molar-refractivity contribution is -0.134. The Morgan fingerprint density at radius 2 is 1.90 bits per heavy atom. The summed E-state index contributed by atoms with van der Waals surface area (Å²) in [5, 5.41) is 13.5. The van der Waals surface area contributed by atoms with Gasteiger partial charge in [0.1, 0.15) is 12.4 Å². The second kappa shape index (κ2) is 9.47. The Kier molecular flexibility index (Phi) is 6.73. The third-order valence-electron chi connectivity index (χ3n) is 7.09. The number of aromatic nitrogens is 2. The van der Waals surface area contributed by atoms with E-state index in [1.54, 1.807) is 6.20 Å². The summed E-state index contributed by atoms with van der Waals surface area (Å²) in [5.74, 6) is 1.03. The van der Waals surface area contributed by atoms with Crippen LogP contribution in [0.15, 0.2) is 12.4 Å².